The molecule has 0 saturated heterocycles. The summed E-state index contributed by atoms with van der Waals surface area (Å²) in [6, 6.07) is 2.23. The molecule has 1 aliphatic carbocycles. The highest BCUT2D eigenvalue weighted by Gasteiger charge is 2.19. The van der Waals surface area contributed by atoms with Crippen LogP contribution in [-0.4, -0.2) is 6.29 Å². The van der Waals surface area contributed by atoms with Crippen LogP contribution in [-0.2, 0) is 4.79 Å². The first-order valence-electron chi connectivity index (χ1n) is 5.13. The van der Waals surface area contributed by atoms with Crippen LogP contribution in [0.15, 0.2) is 0 Å². The van der Waals surface area contributed by atoms with Gasteiger partial charge in [-0.25, -0.2) is 0 Å². The maximum absolute atomic E-state index is 10.3. The molecule has 1 aliphatic rings. The molecule has 0 bridgehead atoms. The molecule has 0 spiro atoms. The van der Waals surface area contributed by atoms with Crippen LogP contribution in [0.1, 0.15) is 46.0 Å². The van der Waals surface area contributed by atoms with Crippen LogP contribution in [0.5, 0.6) is 0 Å². The second-order valence-electron chi connectivity index (χ2n) is 3.58. The zero-order chi connectivity index (χ0) is 10.1. The molecule has 0 amide bonds. The van der Waals surface area contributed by atoms with Gasteiger partial charge in [0.2, 0.25) is 0 Å². The number of carbonyl (C=O) groups excluding carboxylic acids is 1. The van der Waals surface area contributed by atoms with Gasteiger partial charge in [-0.15, -0.1) is 0 Å². The summed E-state index contributed by atoms with van der Waals surface area (Å²) >= 11 is 0. The summed E-state index contributed by atoms with van der Waals surface area (Å²) in [6.07, 6.45) is 5.94. The number of hydrogen-bond donors (Lipinski definition) is 0. The maximum Gasteiger partial charge on any atom is 0.123 e. The molecule has 0 aliphatic heterocycles. The van der Waals surface area contributed by atoms with E-state index < -0.39 is 0 Å². The van der Waals surface area contributed by atoms with Crippen LogP contribution in [0.2, 0.25) is 0 Å². The molecule has 0 atom stereocenters. The van der Waals surface area contributed by atoms with E-state index in [1.165, 1.54) is 6.42 Å². The highest BCUT2D eigenvalue weighted by atomic mass is 16.1. The molecular weight excluding hydrogens is 162 g/mol. The van der Waals surface area contributed by atoms with Crippen molar-refractivity contribution in [1.82, 2.24) is 0 Å². The molecule has 0 aromatic heterocycles. The topological polar surface area (TPSA) is 40.9 Å². The second-order valence-corrected chi connectivity index (χ2v) is 3.58. The van der Waals surface area contributed by atoms with Gasteiger partial charge in [0, 0.05) is 11.8 Å². The molecule has 0 heterocycles. The summed E-state index contributed by atoms with van der Waals surface area (Å²) < 4.78 is 0. The zero-order valence-electron chi connectivity index (χ0n) is 8.62. The van der Waals surface area contributed by atoms with Crippen LogP contribution in [0.4, 0.5) is 0 Å². The fraction of sp³-hybridized carbons (Fsp3) is 0.818. The molecule has 0 N–H and O–H groups in total. The van der Waals surface area contributed by atoms with E-state index in [0.717, 1.165) is 32.0 Å². The molecule has 1 saturated carbocycles. The fourth-order valence-electron chi connectivity index (χ4n) is 1.38. The van der Waals surface area contributed by atoms with E-state index in [2.05, 4.69) is 19.9 Å². The zero-order valence-corrected chi connectivity index (χ0v) is 8.62. The molecule has 0 radical (unpaired) electrons. The molecule has 13 heavy (non-hydrogen) atoms. The van der Waals surface area contributed by atoms with Crippen molar-refractivity contribution in [3.8, 4) is 6.07 Å². The Kier molecular flexibility index (Phi) is 7.29. The van der Waals surface area contributed by atoms with Gasteiger partial charge < -0.3 is 4.79 Å². The number of nitrogens with zero attached hydrogens (tertiary/aromatic N) is 1. The Balaban J connectivity index is 0.000000424. The fourth-order valence-corrected chi connectivity index (χ4v) is 1.38. The minimum Gasteiger partial charge on any atom is -0.303 e. The highest BCUT2D eigenvalue weighted by molar-refractivity contribution is 5.53. The van der Waals surface area contributed by atoms with Crippen LogP contribution in [0.3, 0.4) is 0 Å². The van der Waals surface area contributed by atoms with E-state index >= 15 is 0 Å². The first-order chi connectivity index (χ1) is 6.28. The summed E-state index contributed by atoms with van der Waals surface area (Å²) in [5.41, 5.74) is 0. The van der Waals surface area contributed by atoms with Crippen molar-refractivity contribution in [3.63, 3.8) is 0 Å². The Morgan fingerprint density at radius 3 is 2.08 bits per heavy atom. The molecule has 2 heteroatoms. The summed E-state index contributed by atoms with van der Waals surface area (Å²) in [6.45, 7) is 4.25. The third-order valence-corrected chi connectivity index (χ3v) is 2.15. The minimum atomic E-state index is 0.219. The minimum absolute atomic E-state index is 0.219. The Labute approximate surface area is 80.9 Å². The summed E-state index contributed by atoms with van der Waals surface area (Å²) in [7, 11) is 0. The number of nitriles is 1. The van der Waals surface area contributed by atoms with Crippen LogP contribution < -0.4 is 0 Å². The van der Waals surface area contributed by atoms with Gasteiger partial charge in [-0.3, -0.25) is 0 Å². The normalized spacial score (nSPS) is 26.5. The quantitative estimate of drug-likeness (QED) is 0.583. The number of aldehydes is 1. The lowest BCUT2D eigenvalue weighted by Gasteiger charge is -2.19. The molecule has 0 aromatic rings. The van der Waals surface area contributed by atoms with Crippen LogP contribution in [0, 0.1) is 23.2 Å². The van der Waals surface area contributed by atoms with Crippen LogP contribution in [0.25, 0.3) is 0 Å². The molecule has 1 rings (SSSR count). The summed E-state index contributed by atoms with van der Waals surface area (Å²) in [5.74, 6) is 0.459. The number of hydrogen-bond acceptors (Lipinski definition) is 2. The van der Waals surface area contributed by atoms with Gasteiger partial charge in [0.05, 0.1) is 6.07 Å². The third kappa shape index (κ3) is 5.41. The summed E-state index contributed by atoms with van der Waals surface area (Å²) in [5, 5.41) is 8.51. The smallest absolute Gasteiger partial charge is 0.123 e. The monoisotopic (exact) mass is 181 g/mol. The number of rotatable bonds is 1. The van der Waals surface area contributed by atoms with Gasteiger partial charge in [0.1, 0.15) is 6.29 Å². The molecule has 1 fully saturated rings. The molecule has 0 unspecified atom stereocenters. The average molecular weight is 181 g/mol. The molecular formula is C11H19NO. The molecule has 74 valence electrons. The average Bonchev–Trinajstić information content (AvgIpc) is 2.19. The van der Waals surface area contributed by atoms with Crippen molar-refractivity contribution in [2.24, 2.45) is 11.8 Å². The predicted molar refractivity (Wildman–Crippen MR) is 53.1 cm³/mol. The Bertz CT molecular complexity index is 163. The largest absolute Gasteiger partial charge is 0.303 e. The van der Waals surface area contributed by atoms with E-state index in [1.54, 1.807) is 0 Å². The van der Waals surface area contributed by atoms with Crippen molar-refractivity contribution in [2.45, 2.75) is 46.0 Å². The standard InChI is InChI=1S/C8H11NO.C3H8/c9-5-7-1-3-8(6-10)4-2-7;1-3-2/h6-8H,1-4H2;3H2,1-2H3. The van der Waals surface area contributed by atoms with Gasteiger partial charge in [-0.2, -0.15) is 5.26 Å². The van der Waals surface area contributed by atoms with Gasteiger partial charge in [0.15, 0.2) is 0 Å². The van der Waals surface area contributed by atoms with Crippen molar-refractivity contribution >= 4 is 6.29 Å². The maximum atomic E-state index is 10.3. The van der Waals surface area contributed by atoms with E-state index in [4.69, 9.17) is 5.26 Å². The third-order valence-electron chi connectivity index (χ3n) is 2.15. The van der Waals surface area contributed by atoms with Crippen LogP contribution >= 0.6 is 0 Å². The van der Waals surface area contributed by atoms with Gasteiger partial charge in [0.25, 0.3) is 0 Å². The van der Waals surface area contributed by atoms with Gasteiger partial charge >= 0.3 is 0 Å². The summed E-state index contributed by atoms with van der Waals surface area (Å²) in [4.78, 5) is 10.3. The lowest BCUT2D eigenvalue weighted by atomic mass is 9.84. The lowest BCUT2D eigenvalue weighted by molar-refractivity contribution is -0.112. The van der Waals surface area contributed by atoms with Gasteiger partial charge in [-0.1, -0.05) is 20.3 Å². The first kappa shape index (κ1) is 12.2. The Morgan fingerprint density at radius 1 is 1.31 bits per heavy atom. The Hall–Kier alpha value is -0.840. The number of carbonyl (C=O) groups is 1. The predicted octanol–water partition coefficient (Wildman–Crippen LogP) is 2.93. The van der Waals surface area contributed by atoms with Crippen molar-refractivity contribution in [1.29, 1.82) is 5.26 Å². The second kappa shape index (κ2) is 7.79. The SMILES string of the molecule is CCC.N#CC1CCC(C=O)CC1. The van der Waals surface area contributed by atoms with Crippen molar-refractivity contribution in [2.75, 3.05) is 0 Å². The van der Waals surface area contributed by atoms with Gasteiger partial charge in [-0.05, 0) is 25.7 Å². The van der Waals surface area contributed by atoms with E-state index in [1.807, 2.05) is 0 Å². The Morgan fingerprint density at radius 2 is 1.77 bits per heavy atom. The van der Waals surface area contributed by atoms with E-state index in [-0.39, 0.29) is 11.8 Å². The van der Waals surface area contributed by atoms with E-state index in [0.29, 0.717) is 0 Å². The molecule has 0 aromatic carbocycles. The first-order valence-corrected chi connectivity index (χ1v) is 5.13. The lowest BCUT2D eigenvalue weighted by Crippen LogP contribution is -2.13. The van der Waals surface area contributed by atoms with Crippen molar-refractivity contribution < 1.29 is 4.79 Å². The highest BCUT2D eigenvalue weighted by Crippen LogP contribution is 2.26. The van der Waals surface area contributed by atoms with Crippen molar-refractivity contribution in [3.05, 3.63) is 0 Å². The molecule has 2 nitrogen and oxygen atoms in total. The van der Waals surface area contributed by atoms with E-state index in [9.17, 15) is 4.79 Å².